The molecule has 184 valence electrons. The van der Waals surface area contributed by atoms with Crippen molar-refractivity contribution in [3.05, 3.63) is 47.1 Å². The number of urea groups is 1. The number of para-hydroxylation sites is 2. The molecule has 8 nitrogen and oxygen atoms in total. The number of carbonyl (C=O) groups is 1. The van der Waals surface area contributed by atoms with Crippen LogP contribution in [0.2, 0.25) is 5.02 Å². The number of benzene rings is 1. The van der Waals surface area contributed by atoms with Gasteiger partial charge in [0.2, 0.25) is 10.0 Å². The number of imidazole rings is 1. The molecule has 2 aromatic heterocycles. The first-order valence-electron chi connectivity index (χ1n) is 10.1. The summed E-state index contributed by atoms with van der Waals surface area (Å²) >= 11 is 6.94. The Balaban J connectivity index is 1.81. The molecule has 34 heavy (non-hydrogen) atoms. The van der Waals surface area contributed by atoms with Gasteiger partial charge < -0.3 is 9.88 Å². The van der Waals surface area contributed by atoms with Crippen LogP contribution < -0.4 is 10.0 Å². The van der Waals surface area contributed by atoms with E-state index >= 15 is 0 Å². The number of sulfonamides is 1. The number of alkyl halides is 3. The molecule has 0 aliphatic rings. The van der Waals surface area contributed by atoms with Gasteiger partial charge in [0, 0.05) is 19.3 Å². The average Bonchev–Trinajstić information content (AvgIpc) is 3.10. The summed E-state index contributed by atoms with van der Waals surface area (Å²) in [6.07, 6.45) is -2.35. The van der Waals surface area contributed by atoms with Crippen molar-refractivity contribution < 1.29 is 26.4 Å². The molecule has 0 bridgehead atoms. The molecule has 2 heterocycles. The summed E-state index contributed by atoms with van der Waals surface area (Å²) in [4.78, 5) is 20.1. The third-order valence-corrected chi connectivity index (χ3v) is 7.22. The van der Waals surface area contributed by atoms with Gasteiger partial charge in [0.05, 0.1) is 27.4 Å². The maximum Gasteiger partial charge on any atom is 0.417 e. The van der Waals surface area contributed by atoms with E-state index in [1.54, 1.807) is 28.8 Å². The van der Waals surface area contributed by atoms with E-state index in [2.05, 4.69) is 15.3 Å². The molecule has 0 aliphatic heterocycles. The minimum Gasteiger partial charge on any atom is -0.337 e. The predicted molar refractivity (Wildman–Crippen MR) is 123 cm³/mol. The van der Waals surface area contributed by atoms with Crippen molar-refractivity contribution in [3.63, 3.8) is 0 Å². The second kappa shape index (κ2) is 10.8. The number of halogens is 4. The molecular weight excluding hydrogens is 515 g/mol. The molecule has 0 aliphatic carbocycles. The largest absolute Gasteiger partial charge is 0.417 e. The quantitative estimate of drug-likeness (QED) is 0.385. The fourth-order valence-electron chi connectivity index (χ4n) is 2.91. The van der Waals surface area contributed by atoms with Gasteiger partial charge in [-0.15, -0.1) is 0 Å². The van der Waals surface area contributed by atoms with Crippen molar-refractivity contribution in [1.29, 1.82) is 0 Å². The van der Waals surface area contributed by atoms with Crippen molar-refractivity contribution in [2.45, 2.75) is 42.7 Å². The lowest BCUT2D eigenvalue weighted by Crippen LogP contribution is -2.41. The number of pyridine rings is 1. The number of amides is 2. The van der Waals surface area contributed by atoms with Crippen LogP contribution >= 0.6 is 23.4 Å². The fraction of sp³-hybridized carbons (Fsp3) is 0.350. The smallest absolute Gasteiger partial charge is 0.337 e. The second-order valence-corrected chi connectivity index (χ2v) is 10.4. The molecular formula is C20H21ClF3N5O3S2. The van der Waals surface area contributed by atoms with Gasteiger partial charge in [0.25, 0.3) is 0 Å². The number of aromatic nitrogens is 3. The number of hydrogen-bond donors (Lipinski definition) is 2. The lowest BCUT2D eigenvalue weighted by atomic mass is 10.3. The summed E-state index contributed by atoms with van der Waals surface area (Å²) in [5.74, 6) is -0.434. The summed E-state index contributed by atoms with van der Waals surface area (Å²) in [5, 5.41) is 2.64. The van der Waals surface area contributed by atoms with Crippen molar-refractivity contribution >= 4 is 50.5 Å². The van der Waals surface area contributed by atoms with E-state index in [1.165, 1.54) is 0 Å². The first kappa shape index (κ1) is 26.1. The highest BCUT2D eigenvalue weighted by molar-refractivity contribution is 7.99. The van der Waals surface area contributed by atoms with Gasteiger partial charge in [-0.1, -0.05) is 37.1 Å². The molecule has 3 aromatic rings. The molecule has 1 aromatic carbocycles. The van der Waals surface area contributed by atoms with Crippen LogP contribution in [0.25, 0.3) is 11.0 Å². The number of unbranched alkanes of at least 4 members (excludes halogenated alkanes) is 1. The highest BCUT2D eigenvalue weighted by Gasteiger charge is 2.32. The fourth-order valence-corrected chi connectivity index (χ4v) is 4.95. The number of carbonyl (C=O) groups excluding carboxylic acids is 1. The Labute approximate surface area is 203 Å². The van der Waals surface area contributed by atoms with E-state index < -0.39 is 33.5 Å². The number of aryl methyl sites for hydroxylation is 1. The van der Waals surface area contributed by atoms with Gasteiger partial charge in [0.1, 0.15) is 5.03 Å². The second-order valence-electron chi connectivity index (χ2n) is 7.18. The minimum absolute atomic E-state index is 0.0708. The van der Waals surface area contributed by atoms with Gasteiger partial charge in [-0.2, -0.15) is 13.2 Å². The van der Waals surface area contributed by atoms with Crippen LogP contribution in [0.4, 0.5) is 18.0 Å². The monoisotopic (exact) mass is 535 g/mol. The molecule has 0 unspecified atom stereocenters. The van der Waals surface area contributed by atoms with E-state index in [1.807, 2.05) is 11.6 Å². The third kappa shape index (κ3) is 6.76. The minimum atomic E-state index is -4.59. The molecule has 0 fully saturated rings. The first-order valence-corrected chi connectivity index (χ1v) is 13.0. The zero-order valence-electron chi connectivity index (χ0n) is 17.9. The lowest BCUT2D eigenvalue weighted by molar-refractivity contribution is -0.137. The maximum atomic E-state index is 12.9. The molecule has 14 heteroatoms. The number of nitrogens with zero attached hydrogens (tertiary/aromatic N) is 3. The van der Waals surface area contributed by atoms with E-state index in [0.29, 0.717) is 23.8 Å². The number of hydrogen-bond acceptors (Lipinski definition) is 6. The van der Waals surface area contributed by atoms with Crippen LogP contribution in [-0.4, -0.2) is 41.3 Å². The molecule has 0 radical (unpaired) electrons. The van der Waals surface area contributed by atoms with Gasteiger partial charge in [0.15, 0.2) is 5.16 Å². The van der Waals surface area contributed by atoms with Crippen LogP contribution in [0.15, 0.2) is 46.7 Å². The van der Waals surface area contributed by atoms with E-state index in [4.69, 9.17) is 11.6 Å². The maximum absolute atomic E-state index is 12.9. The topological polar surface area (TPSA) is 106 Å². The summed E-state index contributed by atoms with van der Waals surface area (Å²) in [7, 11) is -3.97. The Hall–Kier alpha value is -2.51. The Morgan fingerprint density at radius 3 is 2.68 bits per heavy atom. The average molecular weight is 536 g/mol. The van der Waals surface area contributed by atoms with E-state index in [-0.39, 0.29) is 21.7 Å². The molecule has 0 saturated carbocycles. The van der Waals surface area contributed by atoms with E-state index in [0.717, 1.165) is 30.7 Å². The highest BCUT2D eigenvalue weighted by atomic mass is 35.5. The van der Waals surface area contributed by atoms with Gasteiger partial charge in [-0.05, 0) is 36.4 Å². The highest BCUT2D eigenvalue weighted by Crippen LogP contribution is 2.37. The Bertz CT molecular complexity index is 1280. The van der Waals surface area contributed by atoms with Gasteiger partial charge >= 0.3 is 12.2 Å². The summed E-state index contributed by atoms with van der Waals surface area (Å²) in [6, 6.07) is 6.90. The molecule has 3 rings (SSSR count). The van der Waals surface area contributed by atoms with E-state index in [9.17, 15) is 26.4 Å². The first-order chi connectivity index (χ1) is 16.0. The third-order valence-electron chi connectivity index (χ3n) is 4.59. The molecule has 2 N–H and O–H groups in total. The standard InChI is InChI=1S/C20H21ClF3N5O3S2/c1-2-3-8-25-18(30)28-34(31,32)10-9-29-16-7-5-4-6-15(16)27-19(29)33-17-14(21)11-13(12-26-17)20(22,23)24/h4-7,11-12H,2-3,8-10H2,1H3,(H2,25,28,30). The molecule has 0 spiro atoms. The Morgan fingerprint density at radius 2 is 2.00 bits per heavy atom. The summed E-state index contributed by atoms with van der Waals surface area (Å²) in [6.45, 7) is 2.22. The number of nitrogens with one attached hydrogen (secondary N) is 2. The van der Waals surface area contributed by atoms with Crippen molar-refractivity contribution in [3.8, 4) is 0 Å². The van der Waals surface area contributed by atoms with Crippen molar-refractivity contribution in [2.24, 2.45) is 0 Å². The summed E-state index contributed by atoms with van der Waals surface area (Å²) in [5.41, 5.74) is 0.177. The predicted octanol–water partition coefficient (Wildman–Crippen LogP) is 4.68. The lowest BCUT2D eigenvalue weighted by Gasteiger charge is -2.12. The normalized spacial score (nSPS) is 12.1. The molecule has 2 amide bonds. The SMILES string of the molecule is CCCCNC(=O)NS(=O)(=O)CCn1c(Sc2ncc(C(F)(F)F)cc2Cl)nc2ccccc21. The van der Waals surface area contributed by atoms with Crippen LogP contribution in [0.3, 0.4) is 0 Å². The van der Waals surface area contributed by atoms with Gasteiger partial charge in [-0.3, -0.25) is 0 Å². The Morgan fingerprint density at radius 1 is 1.26 bits per heavy atom. The van der Waals surface area contributed by atoms with Crippen molar-refractivity contribution in [1.82, 2.24) is 24.6 Å². The Kier molecular flexibility index (Phi) is 8.31. The van der Waals surface area contributed by atoms with Crippen molar-refractivity contribution in [2.75, 3.05) is 12.3 Å². The molecule has 0 atom stereocenters. The number of fused-ring (bicyclic) bond motifs is 1. The van der Waals surface area contributed by atoms with Gasteiger partial charge in [-0.25, -0.2) is 27.9 Å². The van der Waals surface area contributed by atoms with Crippen LogP contribution in [0.5, 0.6) is 0 Å². The number of rotatable bonds is 9. The molecule has 0 saturated heterocycles. The van der Waals surface area contributed by atoms with Crippen LogP contribution in [0.1, 0.15) is 25.3 Å². The van der Waals surface area contributed by atoms with Crippen LogP contribution in [-0.2, 0) is 22.7 Å². The summed E-state index contributed by atoms with van der Waals surface area (Å²) < 4.78 is 67.1. The van der Waals surface area contributed by atoms with Crippen LogP contribution in [0, 0.1) is 0 Å². The zero-order valence-corrected chi connectivity index (χ0v) is 20.3. The zero-order chi connectivity index (χ0) is 24.9.